The minimum Gasteiger partial charge on any atom is -0.508 e. The standard InChI is InChI=1S/C10H14O.C9H12FNO.C9H13NO/c1-10(2,3)8-4-6-9(11)7-5-8;1-9(2,3)8-4-6(10)7(12)5-11-8;1-9(2,3)8-5-4-7(11)6-10-8/h4-7,11H,1-3H3;4-5,12H,1-3H3;4-6,11H,1-3H3. The first-order valence-corrected chi connectivity index (χ1v) is 11.2. The molecule has 2 aromatic heterocycles. The Morgan fingerprint density at radius 1 is 0.588 bits per heavy atom. The van der Waals surface area contributed by atoms with Crippen molar-refractivity contribution in [2.45, 2.75) is 78.6 Å². The van der Waals surface area contributed by atoms with Crippen molar-refractivity contribution in [1.29, 1.82) is 0 Å². The third-order valence-electron chi connectivity index (χ3n) is 4.85. The van der Waals surface area contributed by atoms with E-state index >= 15 is 0 Å². The number of aromatic nitrogens is 2. The molecule has 0 radical (unpaired) electrons. The highest BCUT2D eigenvalue weighted by Crippen LogP contribution is 2.24. The van der Waals surface area contributed by atoms with E-state index in [-0.39, 0.29) is 22.0 Å². The monoisotopic (exact) mass is 470 g/mol. The number of halogens is 1. The van der Waals surface area contributed by atoms with Gasteiger partial charge in [-0.05, 0) is 41.3 Å². The lowest BCUT2D eigenvalue weighted by molar-refractivity contribution is 0.424. The lowest BCUT2D eigenvalue weighted by atomic mass is 9.87. The van der Waals surface area contributed by atoms with Crippen LogP contribution in [-0.4, -0.2) is 25.3 Å². The molecule has 0 aliphatic carbocycles. The molecule has 0 unspecified atom stereocenters. The first-order chi connectivity index (χ1) is 15.4. The second-order valence-corrected chi connectivity index (χ2v) is 11.2. The van der Waals surface area contributed by atoms with Gasteiger partial charge in [0.05, 0.1) is 12.4 Å². The zero-order valence-corrected chi connectivity index (χ0v) is 21.8. The van der Waals surface area contributed by atoms with Crippen molar-refractivity contribution in [2.75, 3.05) is 0 Å². The second-order valence-electron chi connectivity index (χ2n) is 11.2. The average Bonchev–Trinajstić information content (AvgIpc) is 2.69. The molecule has 0 bridgehead atoms. The zero-order chi connectivity index (χ0) is 26.3. The number of nitrogens with zero attached hydrogens (tertiary/aromatic N) is 2. The van der Waals surface area contributed by atoms with Gasteiger partial charge in [-0.25, -0.2) is 4.39 Å². The molecule has 3 rings (SSSR count). The summed E-state index contributed by atoms with van der Waals surface area (Å²) < 4.78 is 12.8. The first kappa shape index (κ1) is 28.9. The molecule has 0 atom stereocenters. The molecule has 0 fully saturated rings. The zero-order valence-electron chi connectivity index (χ0n) is 21.8. The molecule has 5 nitrogen and oxygen atoms in total. The molecule has 186 valence electrons. The fourth-order valence-corrected chi connectivity index (χ4v) is 2.62. The summed E-state index contributed by atoms with van der Waals surface area (Å²) in [7, 11) is 0. The predicted octanol–water partition coefficient (Wildman–Crippen LogP) is 7.00. The molecule has 3 N–H and O–H groups in total. The Bertz CT molecular complexity index is 972. The van der Waals surface area contributed by atoms with E-state index in [4.69, 9.17) is 15.3 Å². The van der Waals surface area contributed by atoms with Crippen molar-refractivity contribution in [3.05, 3.63) is 77.6 Å². The summed E-state index contributed by atoms with van der Waals surface area (Å²) >= 11 is 0. The van der Waals surface area contributed by atoms with Crippen molar-refractivity contribution in [2.24, 2.45) is 0 Å². The Kier molecular flexibility index (Phi) is 9.62. The van der Waals surface area contributed by atoms with Gasteiger partial charge in [0.2, 0.25) is 0 Å². The topological polar surface area (TPSA) is 86.5 Å². The van der Waals surface area contributed by atoms with Crippen molar-refractivity contribution < 1.29 is 19.7 Å². The number of phenols is 1. The lowest BCUT2D eigenvalue weighted by Gasteiger charge is -2.18. The summed E-state index contributed by atoms with van der Waals surface area (Å²) in [5.41, 5.74) is 2.93. The van der Waals surface area contributed by atoms with E-state index in [2.05, 4.69) is 51.5 Å². The van der Waals surface area contributed by atoms with Gasteiger partial charge < -0.3 is 15.3 Å². The summed E-state index contributed by atoms with van der Waals surface area (Å²) in [5, 5.41) is 26.9. The van der Waals surface area contributed by atoms with Crippen molar-refractivity contribution >= 4 is 0 Å². The third-order valence-corrected chi connectivity index (χ3v) is 4.85. The number of phenolic OH excluding ortho intramolecular Hbond substituents is 1. The first-order valence-electron chi connectivity index (χ1n) is 11.2. The molecule has 34 heavy (non-hydrogen) atoms. The quantitative estimate of drug-likeness (QED) is 0.329. The van der Waals surface area contributed by atoms with E-state index in [1.807, 2.05) is 39.0 Å². The highest BCUT2D eigenvalue weighted by molar-refractivity contribution is 5.30. The van der Waals surface area contributed by atoms with Crippen LogP contribution in [0.4, 0.5) is 4.39 Å². The number of aromatic hydroxyl groups is 3. The maximum absolute atomic E-state index is 12.8. The molecule has 3 aromatic rings. The molecule has 0 amide bonds. The number of hydrogen-bond acceptors (Lipinski definition) is 5. The Morgan fingerprint density at radius 3 is 1.44 bits per heavy atom. The Morgan fingerprint density at radius 2 is 1.06 bits per heavy atom. The van der Waals surface area contributed by atoms with Crippen LogP contribution >= 0.6 is 0 Å². The predicted molar refractivity (Wildman–Crippen MR) is 136 cm³/mol. The molecule has 0 spiro atoms. The van der Waals surface area contributed by atoms with Gasteiger partial charge in [-0.2, -0.15) is 0 Å². The SMILES string of the molecule is CC(C)(C)c1cc(F)c(O)cn1.CC(C)(C)c1ccc(O)cc1.CC(C)(C)c1ccc(O)cn1. The highest BCUT2D eigenvalue weighted by atomic mass is 19.1. The van der Waals surface area contributed by atoms with Crippen LogP contribution in [0.5, 0.6) is 17.2 Å². The van der Waals surface area contributed by atoms with Crippen LogP contribution in [0.15, 0.2) is 54.9 Å². The molecule has 6 heteroatoms. The average molecular weight is 471 g/mol. The Hall–Kier alpha value is -3.15. The maximum atomic E-state index is 12.8. The summed E-state index contributed by atoms with van der Waals surface area (Å²) in [6.07, 6.45) is 2.61. The van der Waals surface area contributed by atoms with Gasteiger partial charge in [0.15, 0.2) is 11.6 Å². The smallest absolute Gasteiger partial charge is 0.169 e. The van der Waals surface area contributed by atoms with Crippen LogP contribution in [0.3, 0.4) is 0 Å². The van der Waals surface area contributed by atoms with Gasteiger partial charge in [-0.3, -0.25) is 9.97 Å². The van der Waals surface area contributed by atoms with Gasteiger partial charge in [0.1, 0.15) is 11.5 Å². The van der Waals surface area contributed by atoms with E-state index in [9.17, 15) is 4.39 Å². The third kappa shape index (κ3) is 9.77. The van der Waals surface area contributed by atoms with E-state index in [0.717, 1.165) is 11.9 Å². The van der Waals surface area contributed by atoms with Gasteiger partial charge in [-0.15, -0.1) is 0 Å². The largest absolute Gasteiger partial charge is 0.508 e. The Labute approximate surface area is 203 Å². The number of benzene rings is 1. The second kappa shape index (κ2) is 11.3. The van der Waals surface area contributed by atoms with E-state index in [1.54, 1.807) is 18.2 Å². The molecule has 0 aliphatic heterocycles. The molecular formula is C28H39FN2O3. The normalized spacial score (nSPS) is 11.6. The maximum Gasteiger partial charge on any atom is 0.169 e. The van der Waals surface area contributed by atoms with Crippen LogP contribution in [0.2, 0.25) is 0 Å². The Balaban J connectivity index is 0.000000255. The summed E-state index contributed by atoms with van der Waals surface area (Å²) in [5.74, 6) is -0.464. The van der Waals surface area contributed by atoms with Crippen LogP contribution in [-0.2, 0) is 16.2 Å². The van der Waals surface area contributed by atoms with E-state index in [1.165, 1.54) is 17.8 Å². The fraction of sp³-hybridized carbons (Fsp3) is 0.429. The summed E-state index contributed by atoms with van der Waals surface area (Å²) in [6.45, 7) is 18.5. The highest BCUT2D eigenvalue weighted by Gasteiger charge is 2.17. The van der Waals surface area contributed by atoms with Crippen LogP contribution in [0.1, 0.15) is 79.3 Å². The molecule has 0 saturated carbocycles. The molecule has 0 aliphatic rings. The van der Waals surface area contributed by atoms with Crippen molar-refractivity contribution in [3.63, 3.8) is 0 Å². The fourth-order valence-electron chi connectivity index (χ4n) is 2.62. The lowest BCUT2D eigenvalue weighted by Crippen LogP contribution is -2.13. The van der Waals surface area contributed by atoms with Gasteiger partial charge in [-0.1, -0.05) is 74.4 Å². The van der Waals surface area contributed by atoms with Gasteiger partial charge in [0, 0.05) is 22.2 Å². The van der Waals surface area contributed by atoms with Crippen molar-refractivity contribution in [1.82, 2.24) is 9.97 Å². The van der Waals surface area contributed by atoms with Gasteiger partial charge in [0.25, 0.3) is 0 Å². The molecule has 0 saturated heterocycles. The van der Waals surface area contributed by atoms with Crippen LogP contribution in [0, 0.1) is 5.82 Å². The van der Waals surface area contributed by atoms with Crippen LogP contribution < -0.4 is 0 Å². The van der Waals surface area contributed by atoms with E-state index in [0.29, 0.717) is 11.4 Å². The number of rotatable bonds is 0. The van der Waals surface area contributed by atoms with Gasteiger partial charge >= 0.3 is 0 Å². The number of pyridine rings is 2. The summed E-state index contributed by atoms with van der Waals surface area (Å²) in [6, 6.07) is 12.1. The number of hydrogen-bond donors (Lipinski definition) is 3. The van der Waals surface area contributed by atoms with Crippen molar-refractivity contribution in [3.8, 4) is 17.2 Å². The molecular weight excluding hydrogens is 431 g/mol. The van der Waals surface area contributed by atoms with Crippen LogP contribution in [0.25, 0.3) is 0 Å². The minimum absolute atomic E-state index is 0.0632. The molecule has 1 aromatic carbocycles. The molecule has 2 heterocycles. The van der Waals surface area contributed by atoms with E-state index < -0.39 is 11.6 Å². The summed E-state index contributed by atoms with van der Waals surface area (Å²) in [4.78, 5) is 8.02. The minimum atomic E-state index is -0.616.